The van der Waals surface area contributed by atoms with Crippen molar-refractivity contribution in [3.8, 4) is 0 Å². The van der Waals surface area contributed by atoms with Crippen LogP contribution in [0.5, 0.6) is 0 Å². The molecule has 0 aromatic rings. The Bertz CT molecular complexity index is 153. The predicted molar refractivity (Wildman–Crippen MR) is 43.9 cm³/mol. The van der Waals surface area contributed by atoms with E-state index in [1.165, 1.54) is 6.92 Å². The number of carbonyl (C=O) groups is 1. The van der Waals surface area contributed by atoms with Gasteiger partial charge in [-0.25, -0.2) is 4.79 Å². The zero-order chi connectivity index (χ0) is 9.78. The summed E-state index contributed by atoms with van der Waals surface area (Å²) in [5.41, 5.74) is -1.70. The Labute approximate surface area is 72.2 Å². The second-order valence-corrected chi connectivity index (χ2v) is 3.01. The number of hydrogen-bond donors (Lipinski definition) is 2. The van der Waals surface area contributed by atoms with Gasteiger partial charge in [0.2, 0.25) is 0 Å². The Hall–Kier alpha value is -0.610. The van der Waals surface area contributed by atoms with Crippen molar-refractivity contribution in [1.29, 1.82) is 0 Å². The third kappa shape index (κ3) is 2.79. The van der Waals surface area contributed by atoms with Crippen molar-refractivity contribution in [2.75, 3.05) is 13.2 Å². The average molecular weight is 176 g/mol. The van der Waals surface area contributed by atoms with Crippen LogP contribution in [0.15, 0.2) is 0 Å². The monoisotopic (exact) mass is 176 g/mol. The lowest BCUT2D eigenvalue weighted by molar-refractivity contribution is -0.164. The van der Waals surface area contributed by atoms with E-state index in [1.54, 1.807) is 6.92 Å². The molecule has 0 saturated carbocycles. The van der Waals surface area contributed by atoms with Crippen LogP contribution in [0.25, 0.3) is 0 Å². The fourth-order valence-corrected chi connectivity index (χ4v) is 0.668. The minimum absolute atomic E-state index is 0.260. The molecule has 2 N–H and O–H groups in total. The van der Waals surface area contributed by atoms with Gasteiger partial charge in [0.15, 0.2) is 5.60 Å². The van der Waals surface area contributed by atoms with Crippen LogP contribution in [0.1, 0.15) is 20.8 Å². The summed E-state index contributed by atoms with van der Waals surface area (Å²) in [5, 5.41) is 18.0. The van der Waals surface area contributed by atoms with Gasteiger partial charge in [-0.15, -0.1) is 0 Å². The molecule has 0 saturated heterocycles. The zero-order valence-corrected chi connectivity index (χ0v) is 7.70. The average Bonchev–Trinajstić information content (AvgIpc) is 1.99. The maximum absolute atomic E-state index is 10.5. The summed E-state index contributed by atoms with van der Waals surface area (Å²) < 4.78 is 5.01. The largest absolute Gasteiger partial charge is 0.479 e. The highest BCUT2D eigenvalue weighted by atomic mass is 16.5. The van der Waals surface area contributed by atoms with Gasteiger partial charge in [0, 0.05) is 12.5 Å². The van der Waals surface area contributed by atoms with E-state index in [0.717, 1.165) is 0 Å². The summed E-state index contributed by atoms with van der Waals surface area (Å²) in [7, 11) is 0. The highest BCUT2D eigenvalue weighted by Crippen LogP contribution is 2.17. The Balaban J connectivity index is 4.06. The first-order valence-corrected chi connectivity index (χ1v) is 3.96. The SMILES string of the molecule is CCOCC(C)C(C)(O)C(=O)O. The molecule has 2 unspecified atom stereocenters. The summed E-state index contributed by atoms with van der Waals surface area (Å²) in [6.07, 6.45) is 0. The molecule has 0 heterocycles. The summed E-state index contributed by atoms with van der Waals surface area (Å²) in [4.78, 5) is 10.5. The highest BCUT2D eigenvalue weighted by Gasteiger charge is 2.36. The number of carboxylic acids is 1. The summed E-state index contributed by atoms with van der Waals surface area (Å²) in [5.74, 6) is -1.62. The number of aliphatic carboxylic acids is 1. The quantitative estimate of drug-likeness (QED) is 0.640. The van der Waals surface area contributed by atoms with Crippen LogP contribution in [-0.2, 0) is 9.53 Å². The third-order valence-electron chi connectivity index (χ3n) is 1.96. The van der Waals surface area contributed by atoms with E-state index in [9.17, 15) is 9.90 Å². The van der Waals surface area contributed by atoms with Gasteiger partial charge in [-0.1, -0.05) is 6.92 Å². The number of aliphatic hydroxyl groups is 1. The predicted octanol–water partition coefficient (Wildman–Crippen LogP) is 0.495. The molecule has 4 heteroatoms. The summed E-state index contributed by atoms with van der Waals surface area (Å²) in [6.45, 7) is 5.53. The molecule has 0 aliphatic rings. The lowest BCUT2D eigenvalue weighted by Gasteiger charge is -2.25. The first-order valence-electron chi connectivity index (χ1n) is 3.96. The van der Waals surface area contributed by atoms with Crippen LogP contribution in [0, 0.1) is 5.92 Å². The first kappa shape index (κ1) is 11.4. The third-order valence-corrected chi connectivity index (χ3v) is 1.96. The molecular formula is C8H16O4. The van der Waals surface area contributed by atoms with E-state index < -0.39 is 17.5 Å². The van der Waals surface area contributed by atoms with Gasteiger partial charge in [-0.05, 0) is 13.8 Å². The van der Waals surface area contributed by atoms with E-state index in [4.69, 9.17) is 9.84 Å². The number of ether oxygens (including phenoxy) is 1. The molecule has 0 fully saturated rings. The lowest BCUT2D eigenvalue weighted by Crippen LogP contribution is -2.43. The van der Waals surface area contributed by atoms with Crippen molar-refractivity contribution < 1.29 is 19.7 Å². The maximum Gasteiger partial charge on any atom is 0.335 e. The maximum atomic E-state index is 10.5. The zero-order valence-electron chi connectivity index (χ0n) is 7.70. The Kier molecular flexibility index (Phi) is 4.20. The Morgan fingerprint density at radius 2 is 2.17 bits per heavy atom. The molecule has 0 radical (unpaired) electrons. The molecule has 0 spiro atoms. The number of carboxylic acid groups (broad SMARTS) is 1. The Morgan fingerprint density at radius 3 is 2.50 bits per heavy atom. The fourth-order valence-electron chi connectivity index (χ4n) is 0.668. The van der Waals surface area contributed by atoms with Crippen LogP contribution in [0.2, 0.25) is 0 Å². The highest BCUT2D eigenvalue weighted by molar-refractivity contribution is 5.76. The standard InChI is InChI=1S/C8H16O4/c1-4-12-5-6(2)8(3,11)7(9)10/h6,11H,4-5H2,1-3H3,(H,9,10). The molecular weight excluding hydrogens is 160 g/mol. The van der Waals surface area contributed by atoms with E-state index in [-0.39, 0.29) is 6.61 Å². The van der Waals surface area contributed by atoms with Crippen molar-refractivity contribution in [2.24, 2.45) is 5.92 Å². The van der Waals surface area contributed by atoms with Crippen LogP contribution in [0.4, 0.5) is 0 Å². The van der Waals surface area contributed by atoms with E-state index in [0.29, 0.717) is 6.61 Å². The van der Waals surface area contributed by atoms with Crippen LogP contribution < -0.4 is 0 Å². The molecule has 0 amide bonds. The van der Waals surface area contributed by atoms with Gasteiger partial charge in [0.1, 0.15) is 0 Å². The minimum atomic E-state index is -1.70. The second kappa shape index (κ2) is 4.42. The molecule has 0 aliphatic carbocycles. The molecule has 0 aromatic carbocycles. The molecule has 0 rings (SSSR count). The molecule has 2 atom stereocenters. The van der Waals surface area contributed by atoms with E-state index in [2.05, 4.69) is 0 Å². The molecule has 0 bridgehead atoms. The van der Waals surface area contributed by atoms with Gasteiger partial charge in [-0.3, -0.25) is 0 Å². The van der Waals surface area contributed by atoms with Crippen LogP contribution >= 0.6 is 0 Å². The first-order chi connectivity index (χ1) is 5.42. The van der Waals surface area contributed by atoms with Gasteiger partial charge in [0.05, 0.1) is 6.61 Å². The van der Waals surface area contributed by atoms with Crippen LogP contribution in [0.3, 0.4) is 0 Å². The van der Waals surface area contributed by atoms with Crippen molar-refractivity contribution >= 4 is 5.97 Å². The second-order valence-electron chi connectivity index (χ2n) is 3.01. The van der Waals surface area contributed by atoms with Crippen molar-refractivity contribution in [1.82, 2.24) is 0 Å². The van der Waals surface area contributed by atoms with Gasteiger partial charge in [0.25, 0.3) is 0 Å². The topological polar surface area (TPSA) is 66.8 Å². The van der Waals surface area contributed by atoms with E-state index >= 15 is 0 Å². The van der Waals surface area contributed by atoms with Gasteiger partial charge < -0.3 is 14.9 Å². The number of hydrogen-bond acceptors (Lipinski definition) is 3. The van der Waals surface area contributed by atoms with Crippen LogP contribution in [-0.4, -0.2) is 35.0 Å². The smallest absolute Gasteiger partial charge is 0.335 e. The normalized spacial score (nSPS) is 18.3. The summed E-state index contributed by atoms with van der Waals surface area (Å²) >= 11 is 0. The van der Waals surface area contributed by atoms with E-state index in [1.807, 2.05) is 6.92 Å². The fraction of sp³-hybridized carbons (Fsp3) is 0.875. The molecule has 0 aromatic heterocycles. The Morgan fingerprint density at radius 1 is 1.67 bits per heavy atom. The van der Waals surface area contributed by atoms with Gasteiger partial charge >= 0.3 is 5.97 Å². The molecule has 12 heavy (non-hydrogen) atoms. The summed E-state index contributed by atoms with van der Waals surface area (Å²) in [6, 6.07) is 0. The molecule has 0 aliphatic heterocycles. The van der Waals surface area contributed by atoms with Crippen molar-refractivity contribution in [3.05, 3.63) is 0 Å². The molecule has 72 valence electrons. The molecule has 4 nitrogen and oxygen atoms in total. The van der Waals surface area contributed by atoms with Crippen molar-refractivity contribution in [3.63, 3.8) is 0 Å². The number of rotatable bonds is 5. The minimum Gasteiger partial charge on any atom is -0.479 e. The van der Waals surface area contributed by atoms with Gasteiger partial charge in [-0.2, -0.15) is 0 Å². The van der Waals surface area contributed by atoms with Crippen molar-refractivity contribution in [2.45, 2.75) is 26.4 Å². The lowest BCUT2D eigenvalue weighted by atomic mass is 9.92.